The molecule has 25 heavy (non-hydrogen) atoms. The lowest BCUT2D eigenvalue weighted by Gasteiger charge is -2.18. The average Bonchev–Trinajstić information content (AvgIpc) is 2.99. The normalized spacial score (nSPS) is 11.7. The van der Waals surface area contributed by atoms with Crippen LogP contribution in [0, 0.1) is 17.0 Å². The van der Waals surface area contributed by atoms with Gasteiger partial charge >= 0.3 is 5.69 Å². The van der Waals surface area contributed by atoms with Crippen LogP contribution in [0.4, 0.5) is 5.69 Å². The summed E-state index contributed by atoms with van der Waals surface area (Å²) in [7, 11) is -3.81. The summed E-state index contributed by atoms with van der Waals surface area (Å²) < 4.78 is 36.7. The van der Waals surface area contributed by atoms with Gasteiger partial charge in [-0.25, -0.2) is 8.42 Å². The van der Waals surface area contributed by atoms with E-state index in [4.69, 9.17) is 9.15 Å². The van der Waals surface area contributed by atoms with Gasteiger partial charge < -0.3 is 9.15 Å². The molecular weight excluding hydrogens is 352 g/mol. The van der Waals surface area contributed by atoms with Crippen LogP contribution < -0.4 is 4.74 Å². The molecule has 0 atom stereocenters. The Morgan fingerprint density at radius 1 is 1.28 bits per heavy atom. The second kappa shape index (κ2) is 7.57. The van der Waals surface area contributed by atoms with Crippen molar-refractivity contribution in [2.75, 3.05) is 13.1 Å². The van der Waals surface area contributed by atoms with Gasteiger partial charge in [0, 0.05) is 26.1 Å². The van der Waals surface area contributed by atoms with Gasteiger partial charge in [0.1, 0.15) is 0 Å². The Morgan fingerprint density at radius 3 is 2.48 bits per heavy atom. The Morgan fingerprint density at radius 2 is 1.96 bits per heavy atom. The Kier molecular flexibility index (Phi) is 5.69. The molecule has 0 bridgehead atoms. The van der Waals surface area contributed by atoms with Crippen LogP contribution >= 0.6 is 0 Å². The third-order valence-corrected chi connectivity index (χ3v) is 5.44. The Hall–Kier alpha value is -2.53. The lowest BCUT2D eigenvalue weighted by molar-refractivity contribution is -0.386. The number of nitro groups is 1. The molecule has 136 valence electrons. The van der Waals surface area contributed by atoms with Crippen LogP contribution in [0.5, 0.6) is 5.75 Å². The van der Waals surface area contributed by atoms with Gasteiger partial charge in [0.2, 0.25) is 15.9 Å². The highest BCUT2D eigenvalue weighted by atomic mass is 32.2. The molecule has 0 aliphatic carbocycles. The van der Waals surface area contributed by atoms with E-state index in [1.54, 1.807) is 20.8 Å². The van der Waals surface area contributed by atoms with Crippen molar-refractivity contribution in [1.29, 1.82) is 0 Å². The number of nitrogens with zero attached hydrogens (tertiary/aromatic N) is 4. The van der Waals surface area contributed by atoms with E-state index >= 15 is 0 Å². The number of hydrogen-bond acceptors (Lipinski definition) is 8. The van der Waals surface area contributed by atoms with Gasteiger partial charge in [-0.05, 0) is 12.1 Å². The molecule has 1 aromatic heterocycles. The summed E-state index contributed by atoms with van der Waals surface area (Å²) in [6, 6.07) is 3.51. The molecule has 2 rings (SSSR count). The Balaban J connectivity index is 2.32. The van der Waals surface area contributed by atoms with Gasteiger partial charge in [-0.3, -0.25) is 10.1 Å². The largest absolute Gasteiger partial charge is 0.477 e. The molecule has 0 fully saturated rings. The monoisotopic (exact) mass is 370 g/mol. The van der Waals surface area contributed by atoms with Crippen molar-refractivity contribution in [3.8, 4) is 5.75 Å². The first-order chi connectivity index (χ1) is 11.8. The summed E-state index contributed by atoms with van der Waals surface area (Å²) in [5.41, 5.74) is -0.454. The number of sulfonamides is 1. The van der Waals surface area contributed by atoms with Gasteiger partial charge in [0.25, 0.3) is 5.89 Å². The Labute approximate surface area is 144 Å². The molecule has 11 heteroatoms. The van der Waals surface area contributed by atoms with Crippen molar-refractivity contribution in [3.63, 3.8) is 0 Å². The van der Waals surface area contributed by atoms with Gasteiger partial charge in [-0.1, -0.05) is 13.8 Å². The maximum atomic E-state index is 12.5. The third kappa shape index (κ3) is 4.12. The predicted molar refractivity (Wildman–Crippen MR) is 86.6 cm³/mol. The summed E-state index contributed by atoms with van der Waals surface area (Å²) >= 11 is 0. The zero-order chi connectivity index (χ0) is 18.6. The van der Waals surface area contributed by atoms with E-state index in [9.17, 15) is 18.5 Å². The molecule has 0 aliphatic rings. The fraction of sp³-hybridized carbons (Fsp3) is 0.429. The smallest absolute Gasteiger partial charge is 0.312 e. The summed E-state index contributed by atoms with van der Waals surface area (Å²) in [6.45, 7) is 5.36. The summed E-state index contributed by atoms with van der Waals surface area (Å²) in [4.78, 5) is 10.4. The minimum absolute atomic E-state index is 0.0839. The SMILES string of the molecule is CCN(CC)S(=O)(=O)c1ccc(OCc2nnc(C)o2)c([N+](=O)[O-])c1. The second-order valence-corrected chi connectivity index (χ2v) is 6.92. The van der Waals surface area contributed by atoms with Crippen LogP contribution in [0.25, 0.3) is 0 Å². The number of aryl methyl sites for hydroxylation is 1. The lowest BCUT2D eigenvalue weighted by Crippen LogP contribution is -2.30. The molecule has 0 saturated carbocycles. The number of ether oxygens (including phenoxy) is 1. The molecule has 0 N–H and O–H groups in total. The minimum atomic E-state index is -3.81. The highest BCUT2D eigenvalue weighted by molar-refractivity contribution is 7.89. The average molecular weight is 370 g/mol. The van der Waals surface area contributed by atoms with Crippen molar-refractivity contribution in [3.05, 3.63) is 40.1 Å². The predicted octanol–water partition coefficient (Wildman–Crippen LogP) is 1.90. The number of hydrogen-bond donors (Lipinski definition) is 0. The molecule has 0 amide bonds. The number of benzene rings is 1. The molecule has 1 heterocycles. The summed E-state index contributed by atoms with van der Waals surface area (Å²) in [5, 5.41) is 18.6. The topological polar surface area (TPSA) is 129 Å². The van der Waals surface area contributed by atoms with Crippen molar-refractivity contribution in [1.82, 2.24) is 14.5 Å². The van der Waals surface area contributed by atoms with E-state index < -0.39 is 20.6 Å². The molecule has 0 spiro atoms. The highest BCUT2D eigenvalue weighted by Gasteiger charge is 2.26. The molecule has 0 radical (unpaired) electrons. The van der Waals surface area contributed by atoms with Crippen LogP contribution in [0.3, 0.4) is 0 Å². The van der Waals surface area contributed by atoms with Gasteiger partial charge in [0.15, 0.2) is 12.4 Å². The third-order valence-electron chi connectivity index (χ3n) is 3.39. The van der Waals surface area contributed by atoms with E-state index in [1.165, 1.54) is 16.4 Å². The molecule has 2 aromatic rings. The maximum absolute atomic E-state index is 12.5. The quantitative estimate of drug-likeness (QED) is 0.509. The van der Waals surface area contributed by atoms with Gasteiger partial charge in [-0.2, -0.15) is 4.31 Å². The molecule has 0 saturated heterocycles. The van der Waals surface area contributed by atoms with Crippen molar-refractivity contribution in [2.24, 2.45) is 0 Å². The molecule has 0 aliphatic heterocycles. The van der Waals surface area contributed by atoms with E-state index in [-0.39, 0.29) is 36.2 Å². The Bertz CT molecular complexity index is 860. The first-order valence-corrected chi connectivity index (χ1v) is 8.94. The van der Waals surface area contributed by atoms with E-state index in [0.717, 1.165) is 6.07 Å². The molecule has 1 aromatic carbocycles. The summed E-state index contributed by atoms with van der Waals surface area (Å²) in [5.74, 6) is 0.416. The van der Waals surface area contributed by atoms with Crippen molar-refractivity contribution < 1.29 is 22.5 Å². The minimum Gasteiger partial charge on any atom is -0.477 e. The molecule has 10 nitrogen and oxygen atoms in total. The van der Waals surface area contributed by atoms with Crippen LogP contribution in [0.2, 0.25) is 0 Å². The van der Waals surface area contributed by atoms with Crippen LogP contribution in [-0.2, 0) is 16.6 Å². The van der Waals surface area contributed by atoms with Crippen LogP contribution in [-0.4, -0.2) is 40.9 Å². The molecule has 0 unspecified atom stereocenters. The lowest BCUT2D eigenvalue weighted by atomic mass is 10.3. The first-order valence-electron chi connectivity index (χ1n) is 7.50. The fourth-order valence-corrected chi connectivity index (χ4v) is 3.65. The van der Waals surface area contributed by atoms with Crippen molar-refractivity contribution in [2.45, 2.75) is 32.3 Å². The highest BCUT2D eigenvalue weighted by Crippen LogP contribution is 2.31. The maximum Gasteiger partial charge on any atom is 0.312 e. The van der Waals surface area contributed by atoms with E-state index in [1.807, 2.05) is 0 Å². The van der Waals surface area contributed by atoms with E-state index in [0.29, 0.717) is 5.89 Å². The van der Waals surface area contributed by atoms with Crippen LogP contribution in [0.1, 0.15) is 25.6 Å². The zero-order valence-electron chi connectivity index (χ0n) is 14.0. The number of rotatable bonds is 8. The van der Waals surface area contributed by atoms with E-state index in [2.05, 4.69) is 10.2 Å². The van der Waals surface area contributed by atoms with Crippen LogP contribution in [0.15, 0.2) is 27.5 Å². The van der Waals surface area contributed by atoms with Gasteiger partial charge in [-0.15, -0.1) is 10.2 Å². The summed E-state index contributed by atoms with van der Waals surface area (Å²) in [6.07, 6.45) is 0. The van der Waals surface area contributed by atoms with Crippen molar-refractivity contribution >= 4 is 15.7 Å². The number of nitro benzene ring substituents is 1. The molecular formula is C14H18N4O6S. The van der Waals surface area contributed by atoms with Gasteiger partial charge in [0.05, 0.1) is 9.82 Å². The second-order valence-electron chi connectivity index (χ2n) is 4.98. The zero-order valence-corrected chi connectivity index (χ0v) is 14.8. The number of aromatic nitrogens is 2. The standard InChI is InChI=1S/C14H18N4O6S/c1-4-17(5-2)25(21,22)11-6-7-13(12(8-11)18(19)20)23-9-14-16-15-10(3)24-14/h6-8H,4-5,9H2,1-3H3. The fourth-order valence-electron chi connectivity index (χ4n) is 2.17. The first kappa shape index (κ1) is 18.8.